The number of hydrogen-bond acceptors (Lipinski definition) is 3. The molecule has 0 saturated heterocycles. The van der Waals surface area contributed by atoms with Gasteiger partial charge < -0.3 is 10.1 Å². The SMILES string of the molecule is COc1c(C(=O)NCc2cccc(Br)c2)sc2cccc(F)c12. The lowest BCUT2D eigenvalue weighted by atomic mass is 10.2. The quantitative estimate of drug-likeness (QED) is 0.694. The van der Waals surface area contributed by atoms with Crippen molar-refractivity contribution in [3.8, 4) is 5.75 Å². The predicted octanol–water partition coefficient (Wildman–Crippen LogP) is 4.74. The van der Waals surface area contributed by atoms with Crippen molar-refractivity contribution in [2.75, 3.05) is 7.11 Å². The monoisotopic (exact) mass is 393 g/mol. The zero-order valence-corrected chi connectivity index (χ0v) is 14.6. The molecule has 3 nitrogen and oxygen atoms in total. The van der Waals surface area contributed by atoms with Gasteiger partial charge in [-0.05, 0) is 29.8 Å². The summed E-state index contributed by atoms with van der Waals surface area (Å²) in [7, 11) is 1.44. The highest BCUT2D eigenvalue weighted by Gasteiger charge is 2.21. The molecule has 0 bridgehead atoms. The zero-order chi connectivity index (χ0) is 16.4. The molecule has 1 heterocycles. The molecule has 118 valence electrons. The smallest absolute Gasteiger partial charge is 0.265 e. The minimum Gasteiger partial charge on any atom is -0.494 e. The van der Waals surface area contributed by atoms with Gasteiger partial charge in [0.25, 0.3) is 5.91 Å². The molecule has 0 radical (unpaired) electrons. The van der Waals surface area contributed by atoms with Gasteiger partial charge >= 0.3 is 0 Å². The summed E-state index contributed by atoms with van der Waals surface area (Å²) in [6.45, 7) is 0.387. The second-order valence-corrected chi connectivity index (χ2v) is 6.86. The Bertz CT molecular complexity index is 878. The van der Waals surface area contributed by atoms with Crippen molar-refractivity contribution in [3.05, 3.63) is 63.2 Å². The second-order valence-electron chi connectivity index (χ2n) is 4.89. The van der Waals surface area contributed by atoms with E-state index in [1.807, 2.05) is 24.3 Å². The highest BCUT2D eigenvalue weighted by molar-refractivity contribution is 9.10. The van der Waals surface area contributed by atoms with Crippen molar-refractivity contribution < 1.29 is 13.9 Å². The summed E-state index contributed by atoms with van der Waals surface area (Å²) in [6.07, 6.45) is 0. The number of nitrogens with one attached hydrogen (secondary N) is 1. The number of halogens is 2. The van der Waals surface area contributed by atoms with E-state index >= 15 is 0 Å². The van der Waals surface area contributed by atoms with Crippen LogP contribution in [0.5, 0.6) is 5.75 Å². The number of rotatable bonds is 4. The van der Waals surface area contributed by atoms with Gasteiger partial charge in [-0.15, -0.1) is 11.3 Å². The largest absolute Gasteiger partial charge is 0.494 e. The van der Waals surface area contributed by atoms with E-state index in [-0.39, 0.29) is 17.5 Å². The number of benzene rings is 2. The first-order chi connectivity index (χ1) is 11.1. The van der Waals surface area contributed by atoms with Gasteiger partial charge in [0.2, 0.25) is 0 Å². The first kappa shape index (κ1) is 16.0. The Kier molecular flexibility index (Phi) is 4.63. The number of carbonyl (C=O) groups excluding carboxylic acids is 1. The van der Waals surface area contributed by atoms with Crippen LogP contribution in [-0.4, -0.2) is 13.0 Å². The van der Waals surface area contributed by atoms with Gasteiger partial charge in [0.1, 0.15) is 10.7 Å². The highest BCUT2D eigenvalue weighted by Crippen LogP contribution is 2.39. The lowest BCUT2D eigenvalue weighted by Crippen LogP contribution is -2.22. The van der Waals surface area contributed by atoms with E-state index in [9.17, 15) is 9.18 Å². The summed E-state index contributed by atoms with van der Waals surface area (Å²) < 4.78 is 20.9. The molecule has 0 fully saturated rings. The normalized spacial score (nSPS) is 10.7. The van der Waals surface area contributed by atoms with Crippen molar-refractivity contribution in [3.63, 3.8) is 0 Å². The first-order valence-corrected chi connectivity index (χ1v) is 8.48. The molecule has 1 aromatic heterocycles. The summed E-state index contributed by atoms with van der Waals surface area (Å²) in [6, 6.07) is 12.4. The minimum atomic E-state index is -0.387. The fourth-order valence-electron chi connectivity index (χ4n) is 2.33. The van der Waals surface area contributed by atoms with E-state index in [1.54, 1.807) is 12.1 Å². The summed E-state index contributed by atoms with van der Waals surface area (Å²) in [4.78, 5) is 12.8. The van der Waals surface area contributed by atoms with Gasteiger partial charge in [0, 0.05) is 15.7 Å². The summed E-state index contributed by atoms with van der Waals surface area (Å²) in [5.74, 6) is -0.376. The third-order valence-electron chi connectivity index (χ3n) is 3.37. The number of hydrogen-bond donors (Lipinski definition) is 1. The number of carbonyl (C=O) groups is 1. The van der Waals surface area contributed by atoms with Crippen LogP contribution < -0.4 is 10.1 Å². The van der Waals surface area contributed by atoms with E-state index in [0.29, 0.717) is 21.5 Å². The lowest BCUT2D eigenvalue weighted by molar-refractivity contribution is 0.0952. The minimum absolute atomic E-state index is 0.276. The topological polar surface area (TPSA) is 38.3 Å². The van der Waals surface area contributed by atoms with Crippen molar-refractivity contribution >= 4 is 43.3 Å². The van der Waals surface area contributed by atoms with Crippen LogP contribution in [0.4, 0.5) is 4.39 Å². The maximum absolute atomic E-state index is 14.0. The fourth-order valence-corrected chi connectivity index (χ4v) is 3.88. The lowest BCUT2D eigenvalue weighted by Gasteiger charge is -2.06. The Morgan fingerprint density at radius 3 is 2.83 bits per heavy atom. The van der Waals surface area contributed by atoms with E-state index in [0.717, 1.165) is 10.0 Å². The van der Waals surface area contributed by atoms with Crippen LogP contribution in [-0.2, 0) is 6.54 Å². The van der Waals surface area contributed by atoms with Crippen molar-refractivity contribution in [1.29, 1.82) is 0 Å². The molecular weight excluding hydrogens is 381 g/mol. The second kappa shape index (κ2) is 6.68. The van der Waals surface area contributed by atoms with Crippen molar-refractivity contribution in [2.45, 2.75) is 6.54 Å². The molecule has 0 aliphatic heterocycles. The van der Waals surface area contributed by atoms with Gasteiger partial charge in [0.05, 0.1) is 12.5 Å². The van der Waals surface area contributed by atoms with Crippen molar-refractivity contribution in [1.82, 2.24) is 5.32 Å². The maximum atomic E-state index is 14.0. The van der Waals surface area contributed by atoms with Crippen LogP contribution >= 0.6 is 27.3 Å². The van der Waals surface area contributed by atoms with Crippen molar-refractivity contribution in [2.24, 2.45) is 0 Å². The standard InChI is InChI=1S/C17H13BrFNO2S/c1-22-15-14-12(19)6-3-7-13(14)23-16(15)17(21)20-9-10-4-2-5-11(18)8-10/h2-8H,9H2,1H3,(H,20,21). The van der Waals surface area contributed by atoms with Gasteiger partial charge in [-0.25, -0.2) is 4.39 Å². The fraction of sp³-hybridized carbons (Fsp3) is 0.118. The number of thiophene rings is 1. The molecule has 3 aromatic rings. The molecule has 0 aliphatic rings. The first-order valence-electron chi connectivity index (χ1n) is 6.88. The van der Waals surface area contributed by atoms with Crippen LogP contribution in [0.1, 0.15) is 15.2 Å². The summed E-state index contributed by atoms with van der Waals surface area (Å²) in [5, 5.41) is 3.20. The maximum Gasteiger partial charge on any atom is 0.265 e. The zero-order valence-electron chi connectivity index (χ0n) is 12.2. The summed E-state index contributed by atoms with van der Waals surface area (Å²) in [5.41, 5.74) is 0.971. The van der Waals surface area contributed by atoms with Crippen LogP contribution in [0, 0.1) is 5.82 Å². The number of fused-ring (bicyclic) bond motifs is 1. The van der Waals surface area contributed by atoms with Gasteiger partial charge in [-0.2, -0.15) is 0 Å². The molecule has 1 N–H and O–H groups in total. The Balaban J connectivity index is 1.87. The molecule has 3 rings (SSSR count). The van der Waals surface area contributed by atoms with E-state index in [1.165, 1.54) is 24.5 Å². The number of methoxy groups -OCH3 is 1. The molecule has 0 spiro atoms. The third kappa shape index (κ3) is 3.23. The van der Waals surface area contributed by atoms with E-state index in [2.05, 4.69) is 21.2 Å². The van der Waals surface area contributed by atoms with Gasteiger partial charge in [0.15, 0.2) is 5.75 Å². The van der Waals surface area contributed by atoms with Crippen LogP contribution in [0.2, 0.25) is 0 Å². The van der Waals surface area contributed by atoms with Crippen LogP contribution in [0.15, 0.2) is 46.9 Å². The molecule has 2 aromatic carbocycles. The van der Waals surface area contributed by atoms with E-state index < -0.39 is 0 Å². The third-order valence-corrected chi connectivity index (χ3v) is 5.00. The Morgan fingerprint density at radius 2 is 2.09 bits per heavy atom. The van der Waals surface area contributed by atoms with Gasteiger partial charge in [-0.3, -0.25) is 4.79 Å². The average Bonchev–Trinajstić information content (AvgIpc) is 2.93. The Hall–Kier alpha value is -1.92. The molecule has 23 heavy (non-hydrogen) atoms. The van der Waals surface area contributed by atoms with Crippen LogP contribution in [0.3, 0.4) is 0 Å². The number of ether oxygens (including phenoxy) is 1. The molecule has 0 unspecified atom stereocenters. The predicted molar refractivity (Wildman–Crippen MR) is 93.6 cm³/mol. The Morgan fingerprint density at radius 1 is 1.30 bits per heavy atom. The molecule has 0 atom stereocenters. The van der Waals surface area contributed by atoms with Crippen LogP contribution in [0.25, 0.3) is 10.1 Å². The molecule has 0 aliphatic carbocycles. The molecular formula is C17H13BrFNO2S. The molecule has 1 amide bonds. The Labute approximate surface area is 145 Å². The summed E-state index contributed by atoms with van der Waals surface area (Å²) >= 11 is 4.62. The van der Waals surface area contributed by atoms with E-state index in [4.69, 9.17) is 4.74 Å². The highest BCUT2D eigenvalue weighted by atomic mass is 79.9. The average molecular weight is 394 g/mol. The number of amides is 1. The molecule has 0 saturated carbocycles. The van der Waals surface area contributed by atoms with Gasteiger partial charge in [-0.1, -0.05) is 34.1 Å². The molecule has 6 heteroatoms.